The van der Waals surface area contributed by atoms with Crippen LogP contribution < -0.4 is 10.6 Å². The first-order valence-electron chi connectivity index (χ1n) is 6.41. The second kappa shape index (κ2) is 5.40. The van der Waals surface area contributed by atoms with E-state index in [4.69, 9.17) is 5.73 Å². The van der Waals surface area contributed by atoms with E-state index in [1.54, 1.807) is 6.07 Å². The van der Waals surface area contributed by atoms with Crippen LogP contribution in [0.4, 0.5) is 11.4 Å². The van der Waals surface area contributed by atoms with Crippen LogP contribution in [0.15, 0.2) is 18.2 Å². The highest BCUT2D eigenvalue weighted by molar-refractivity contribution is 6.00. The Bertz CT molecular complexity index is 445. The SMILES string of the molecule is CC(=O)c1cc(N2CCCCC2CO)ccc1N. The predicted molar refractivity (Wildman–Crippen MR) is 72.9 cm³/mol. The fourth-order valence-electron chi connectivity index (χ4n) is 2.56. The zero-order valence-corrected chi connectivity index (χ0v) is 10.7. The van der Waals surface area contributed by atoms with Crippen molar-refractivity contribution in [3.63, 3.8) is 0 Å². The fourth-order valence-corrected chi connectivity index (χ4v) is 2.56. The lowest BCUT2D eigenvalue weighted by Gasteiger charge is -2.36. The predicted octanol–water partition coefficient (Wildman–Crippen LogP) is 1.82. The Morgan fingerprint density at radius 3 is 2.94 bits per heavy atom. The summed E-state index contributed by atoms with van der Waals surface area (Å²) in [5.41, 5.74) is 7.86. The molecular weight excluding hydrogens is 228 g/mol. The van der Waals surface area contributed by atoms with Crippen LogP contribution in [-0.2, 0) is 0 Å². The van der Waals surface area contributed by atoms with Gasteiger partial charge in [-0.1, -0.05) is 0 Å². The number of anilines is 2. The topological polar surface area (TPSA) is 66.6 Å². The smallest absolute Gasteiger partial charge is 0.161 e. The zero-order chi connectivity index (χ0) is 13.1. The number of hydrogen-bond donors (Lipinski definition) is 2. The maximum Gasteiger partial charge on any atom is 0.161 e. The van der Waals surface area contributed by atoms with E-state index in [1.807, 2.05) is 12.1 Å². The summed E-state index contributed by atoms with van der Waals surface area (Å²) < 4.78 is 0. The van der Waals surface area contributed by atoms with E-state index in [0.29, 0.717) is 11.3 Å². The molecule has 4 heteroatoms. The van der Waals surface area contributed by atoms with Gasteiger partial charge in [0.25, 0.3) is 0 Å². The van der Waals surface area contributed by atoms with Gasteiger partial charge < -0.3 is 15.7 Å². The van der Waals surface area contributed by atoms with Crippen molar-refractivity contribution in [3.05, 3.63) is 23.8 Å². The van der Waals surface area contributed by atoms with Gasteiger partial charge in [-0.15, -0.1) is 0 Å². The van der Waals surface area contributed by atoms with Crippen molar-refractivity contribution in [2.75, 3.05) is 23.8 Å². The van der Waals surface area contributed by atoms with Crippen LogP contribution in [0.2, 0.25) is 0 Å². The minimum atomic E-state index is -0.0214. The number of carbonyl (C=O) groups excluding carboxylic acids is 1. The first kappa shape index (κ1) is 12.9. The van der Waals surface area contributed by atoms with Gasteiger partial charge in [0.15, 0.2) is 5.78 Å². The number of hydrogen-bond acceptors (Lipinski definition) is 4. The maximum atomic E-state index is 11.5. The van der Waals surface area contributed by atoms with Gasteiger partial charge in [-0.05, 0) is 44.4 Å². The molecule has 0 saturated carbocycles. The molecule has 1 aliphatic heterocycles. The van der Waals surface area contributed by atoms with E-state index in [2.05, 4.69) is 4.90 Å². The molecule has 0 spiro atoms. The summed E-state index contributed by atoms with van der Waals surface area (Å²) in [4.78, 5) is 13.7. The summed E-state index contributed by atoms with van der Waals surface area (Å²) in [6.45, 7) is 2.60. The fraction of sp³-hybridized carbons (Fsp3) is 0.500. The minimum Gasteiger partial charge on any atom is -0.398 e. The number of nitrogens with zero attached hydrogens (tertiary/aromatic N) is 1. The normalized spacial score (nSPS) is 19.9. The van der Waals surface area contributed by atoms with Crippen molar-refractivity contribution in [1.29, 1.82) is 0 Å². The number of nitrogen functional groups attached to an aromatic ring is 1. The molecule has 1 aromatic rings. The van der Waals surface area contributed by atoms with Crippen LogP contribution in [0.5, 0.6) is 0 Å². The highest BCUT2D eigenvalue weighted by Gasteiger charge is 2.22. The van der Waals surface area contributed by atoms with Crippen molar-refractivity contribution in [1.82, 2.24) is 0 Å². The molecule has 18 heavy (non-hydrogen) atoms. The number of aliphatic hydroxyl groups excluding tert-OH is 1. The van der Waals surface area contributed by atoms with Crippen LogP contribution in [0.1, 0.15) is 36.5 Å². The molecule has 0 bridgehead atoms. The van der Waals surface area contributed by atoms with Gasteiger partial charge in [0.1, 0.15) is 0 Å². The summed E-state index contributed by atoms with van der Waals surface area (Å²) in [7, 11) is 0. The Kier molecular flexibility index (Phi) is 3.87. The number of nitrogens with two attached hydrogens (primary N) is 1. The lowest BCUT2D eigenvalue weighted by Crippen LogP contribution is -2.42. The highest BCUT2D eigenvalue weighted by atomic mass is 16.3. The number of Topliss-reactive ketones (excluding diaryl/α,β-unsaturated/α-hetero) is 1. The Hall–Kier alpha value is -1.55. The lowest BCUT2D eigenvalue weighted by molar-refractivity contribution is 0.101. The Morgan fingerprint density at radius 2 is 2.28 bits per heavy atom. The molecule has 3 N–H and O–H groups in total. The Balaban J connectivity index is 2.32. The van der Waals surface area contributed by atoms with E-state index in [9.17, 15) is 9.90 Å². The molecule has 1 unspecified atom stereocenters. The molecule has 0 aliphatic carbocycles. The average Bonchev–Trinajstić information content (AvgIpc) is 2.39. The molecule has 98 valence electrons. The molecule has 0 radical (unpaired) electrons. The van der Waals surface area contributed by atoms with Gasteiger partial charge in [-0.3, -0.25) is 4.79 Å². The van der Waals surface area contributed by atoms with Crippen molar-refractivity contribution < 1.29 is 9.90 Å². The summed E-state index contributed by atoms with van der Waals surface area (Å²) >= 11 is 0. The summed E-state index contributed by atoms with van der Waals surface area (Å²) in [5, 5.41) is 9.42. The van der Waals surface area contributed by atoms with Gasteiger partial charge in [0, 0.05) is 23.5 Å². The minimum absolute atomic E-state index is 0.0214. The summed E-state index contributed by atoms with van der Waals surface area (Å²) in [5.74, 6) is -0.0214. The van der Waals surface area contributed by atoms with Crippen molar-refractivity contribution in [3.8, 4) is 0 Å². The molecule has 1 heterocycles. The van der Waals surface area contributed by atoms with Crippen molar-refractivity contribution >= 4 is 17.2 Å². The number of piperidine rings is 1. The Labute approximate surface area is 107 Å². The standard InChI is InChI=1S/C14H20N2O2/c1-10(18)13-8-11(5-6-14(13)15)16-7-3-2-4-12(16)9-17/h5-6,8,12,17H,2-4,7,9,15H2,1H3. The van der Waals surface area contributed by atoms with E-state index in [1.165, 1.54) is 6.92 Å². The van der Waals surface area contributed by atoms with E-state index >= 15 is 0 Å². The van der Waals surface area contributed by atoms with E-state index in [-0.39, 0.29) is 18.4 Å². The zero-order valence-electron chi connectivity index (χ0n) is 10.7. The van der Waals surface area contributed by atoms with Crippen LogP contribution in [0, 0.1) is 0 Å². The third-order valence-electron chi connectivity index (χ3n) is 3.59. The number of aliphatic hydroxyl groups is 1. The van der Waals surface area contributed by atoms with Crippen molar-refractivity contribution in [2.45, 2.75) is 32.2 Å². The Morgan fingerprint density at radius 1 is 1.50 bits per heavy atom. The second-order valence-electron chi connectivity index (χ2n) is 4.85. The average molecular weight is 248 g/mol. The number of carbonyl (C=O) groups is 1. The van der Waals surface area contributed by atoms with Gasteiger partial charge in [-0.25, -0.2) is 0 Å². The van der Waals surface area contributed by atoms with Crippen LogP contribution in [0.25, 0.3) is 0 Å². The first-order chi connectivity index (χ1) is 8.63. The van der Waals surface area contributed by atoms with Gasteiger partial charge in [0.2, 0.25) is 0 Å². The van der Waals surface area contributed by atoms with E-state index < -0.39 is 0 Å². The molecule has 1 aliphatic rings. The highest BCUT2D eigenvalue weighted by Crippen LogP contribution is 2.27. The molecule has 1 saturated heterocycles. The molecule has 0 aromatic heterocycles. The van der Waals surface area contributed by atoms with Crippen LogP contribution in [-0.4, -0.2) is 30.1 Å². The third kappa shape index (κ3) is 2.48. The largest absolute Gasteiger partial charge is 0.398 e. The number of rotatable bonds is 3. The first-order valence-corrected chi connectivity index (χ1v) is 6.41. The van der Waals surface area contributed by atoms with Crippen LogP contribution >= 0.6 is 0 Å². The van der Waals surface area contributed by atoms with Crippen LogP contribution in [0.3, 0.4) is 0 Å². The number of benzene rings is 1. The van der Waals surface area contributed by atoms with Gasteiger partial charge in [-0.2, -0.15) is 0 Å². The molecule has 2 rings (SSSR count). The molecule has 1 fully saturated rings. The summed E-state index contributed by atoms with van der Waals surface area (Å²) in [6.07, 6.45) is 3.27. The lowest BCUT2D eigenvalue weighted by atomic mass is 10.0. The van der Waals surface area contributed by atoms with Gasteiger partial charge >= 0.3 is 0 Å². The maximum absolute atomic E-state index is 11.5. The quantitative estimate of drug-likeness (QED) is 0.632. The van der Waals surface area contributed by atoms with Gasteiger partial charge in [0.05, 0.1) is 12.6 Å². The van der Waals surface area contributed by atoms with E-state index in [0.717, 1.165) is 31.5 Å². The molecular formula is C14H20N2O2. The molecule has 0 amide bonds. The molecule has 4 nitrogen and oxygen atoms in total. The van der Waals surface area contributed by atoms with Crippen molar-refractivity contribution in [2.24, 2.45) is 0 Å². The monoisotopic (exact) mass is 248 g/mol. The summed E-state index contributed by atoms with van der Waals surface area (Å²) in [6, 6.07) is 5.69. The number of ketones is 1. The third-order valence-corrected chi connectivity index (χ3v) is 3.59. The molecule has 1 atom stereocenters. The molecule has 1 aromatic carbocycles. The second-order valence-corrected chi connectivity index (χ2v) is 4.85.